The van der Waals surface area contributed by atoms with Crippen molar-refractivity contribution in [3.8, 4) is 0 Å². The van der Waals surface area contributed by atoms with E-state index in [9.17, 15) is 5.11 Å². The molecule has 6 nitrogen and oxygen atoms in total. The maximum atomic E-state index is 11.0. The van der Waals surface area contributed by atoms with E-state index < -0.39 is 6.10 Å². The molecular weight excluding hydrogens is 376 g/mol. The van der Waals surface area contributed by atoms with Gasteiger partial charge in [0.2, 0.25) is 0 Å². The molecule has 0 saturated carbocycles. The Bertz CT molecular complexity index is 956. The summed E-state index contributed by atoms with van der Waals surface area (Å²) in [4.78, 5) is 9.25. The van der Waals surface area contributed by atoms with E-state index >= 15 is 0 Å². The summed E-state index contributed by atoms with van der Waals surface area (Å²) in [5, 5.41) is 11.0. The van der Waals surface area contributed by atoms with Crippen molar-refractivity contribution in [1.29, 1.82) is 0 Å². The summed E-state index contributed by atoms with van der Waals surface area (Å²) in [6, 6.07) is 12.3. The third-order valence-corrected chi connectivity index (χ3v) is 6.17. The zero-order valence-corrected chi connectivity index (χ0v) is 18.2. The van der Waals surface area contributed by atoms with Gasteiger partial charge in [-0.05, 0) is 38.1 Å². The summed E-state index contributed by atoms with van der Waals surface area (Å²) in [6.07, 6.45) is 3.97. The number of piperazine rings is 1. The largest absolute Gasteiger partial charge is 0.466 e. The van der Waals surface area contributed by atoms with Crippen LogP contribution in [-0.4, -0.2) is 52.3 Å². The molecule has 1 aromatic carbocycles. The lowest BCUT2D eigenvalue weighted by molar-refractivity contribution is 0.205. The smallest absolute Gasteiger partial charge is 0.142 e. The van der Waals surface area contributed by atoms with Crippen LogP contribution in [0.3, 0.4) is 0 Å². The van der Waals surface area contributed by atoms with Gasteiger partial charge in [-0.2, -0.15) is 0 Å². The number of hydrogen-bond donors (Lipinski definition) is 1. The van der Waals surface area contributed by atoms with Gasteiger partial charge in [-0.1, -0.05) is 25.1 Å². The lowest BCUT2D eigenvalue weighted by Crippen LogP contribution is -2.47. The summed E-state index contributed by atoms with van der Waals surface area (Å²) in [5.41, 5.74) is 2.02. The normalized spacial score (nSPS) is 17.3. The Morgan fingerprint density at radius 2 is 1.87 bits per heavy atom. The molecule has 0 spiro atoms. The third kappa shape index (κ3) is 4.45. The van der Waals surface area contributed by atoms with E-state index in [0.717, 1.165) is 61.9 Å². The molecule has 2 aromatic heterocycles. The standard InChI is InChI=1S/C24H32N4O2/c1-18(22-9-8-19(2)30-22)10-12-27-14-16-28(17-15-27)21-7-5-4-6-20(21)23(29)24-25-11-13-26(24)3/h4-9,11,13,18,23,29H,10,12,14-17H2,1-3H3/t18-,23-/m1/s1. The molecule has 0 bridgehead atoms. The van der Waals surface area contributed by atoms with Gasteiger partial charge < -0.3 is 19.0 Å². The van der Waals surface area contributed by atoms with Gasteiger partial charge in [0.05, 0.1) is 0 Å². The number of anilines is 1. The summed E-state index contributed by atoms with van der Waals surface area (Å²) >= 11 is 0. The Hall–Kier alpha value is -2.57. The van der Waals surface area contributed by atoms with Crippen molar-refractivity contribution in [2.24, 2.45) is 7.05 Å². The van der Waals surface area contributed by atoms with Gasteiger partial charge in [0, 0.05) is 62.8 Å². The van der Waals surface area contributed by atoms with Gasteiger partial charge in [-0.25, -0.2) is 4.98 Å². The van der Waals surface area contributed by atoms with Crippen LogP contribution in [0.5, 0.6) is 0 Å². The Labute approximate surface area is 178 Å². The molecule has 1 aliphatic heterocycles. The molecule has 1 fully saturated rings. The highest BCUT2D eigenvalue weighted by molar-refractivity contribution is 5.56. The van der Waals surface area contributed by atoms with Gasteiger partial charge in [-0.3, -0.25) is 4.90 Å². The van der Waals surface area contributed by atoms with Crippen LogP contribution >= 0.6 is 0 Å². The molecular formula is C24H32N4O2. The summed E-state index contributed by atoms with van der Waals surface area (Å²) in [7, 11) is 1.91. The number of imidazole rings is 1. The minimum absolute atomic E-state index is 0.436. The van der Waals surface area contributed by atoms with Crippen molar-refractivity contribution in [3.05, 3.63) is 71.7 Å². The maximum absolute atomic E-state index is 11.0. The van der Waals surface area contributed by atoms with Crippen molar-refractivity contribution >= 4 is 5.69 Å². The van der Waals surface area contributed by atoms with Crippen molar-refractivity contribution in [3.63, 3.8) is 0 Å². The number of aliphatic hydroxyl groups is 1. The molecule has 2 atom stereocenters. The second-order valence-corrected chi connectivity index (χ2v) is 8.32. The van der Waals surface area contributed by atoms with Crippen LogP contribution in [0.4, 0.5) is 5.69 Å². The molecule has 0 unspecified atom stereocenters. The average molecular weight is 409 g/mol. The van der Waals surface area contributed by atoms with E-state index in [4.69, 9.17) is 4.42 Å². The third-order valence-electron chi connectivity index (χ3n) is 6.17. The zero-order chi connectivity index (χ0) is 21.1. The number of para-hydroxylation sites is 1. The molecule has 30 heavy (non-hydrogen) atoms. The molecule has 1 aliphatic rings. The van der Waals surface area contributed by atoms with E-state index in [1.54, 1.807) is 6.20 Å². The highest BCUT2D eigenvalue weighted by Gasteiger charge is 2.24. The number of aromatic nitrogens is 2. The van der Waals surface area contributed by atoms with Gasteiger partial charge in [0.15, 0.2) is 0 Å². The molecule has 160 valence electrons. The average Bonchev–Trinajstić information content (AvgIpc) is 3.40. The monoisotopic (exact) mass is 408 g/mol. The Kier molecular flexibility index (Phi) is 6.25. The topological polar surface area (TPSA) is 57.7 Å². The second kappa shape index (κ2) is 9.06. The highest BCUT2D eigenvalue weighted by Crippen LogP contribution is 2.31. The van der Waals surface area contributed by atoms with E-state index in [1.807, 2.05) is 49.0 Å². The quantitative estimate of drug-likeness (QED) is 0.646. The van der Waals surface area contributed by atoms with Gasteiger partial charge in [0.1, 0.15) is 23.4 Å². The number of furan rings is 1. The number of benzene rings is 1. The molecule has 1 saturated heterocycles. The first-order chi connectivity index (χ1) is 14.5. The Balaban J connectivity index is 1.36. The fourth-order valence-electron chi connectivity index (χ4n) is 4.24. The van der Waals surface area contributed by atoms with E-state index in [-0.39, 0.29) is 0 Å². The van der Waals surface area contributed by atoms with Crippen LogP contribution in [-0.2, 0) is 7.05 Å². The van der Waals surface area contributed by atoms with Crippen molar-refractivity contribution in [2.45, 2.75) is 32.3 Å². The van der Waals surface area contributed by atoms with E-state index in [1.165, 1.54) is 0 Å². The molecule has 1 N–H and O–H groups in total. The number of nitrogens with zero attached hydrogens (tertiary/aromatic N) is 4. The lowest BCUT2D eigenvalue weighted by Gasteiger charge is -2.37. The molecule has 6 heteroatoms. The van der Waals surface area contributed by atoms with Gasteiger partial charge >= 0.3 is 0 Å². The molecule has 0 radical (unpaired) electrons. The highest BCUT2D eigenvalue weighted by atomic mass is 16.3. The van der Waals surface area contributed by atoms with E-state index in [0.29, 0.717) is 11.7 Å². The Morgan fingerprint density at radius 1 is 1.10 bits per heavy atom. The molecule has 4 rings (SSSR count). The first-order valence-electron chi connectivity index (χ1n) is 10.8. The Morgan fingerprint density at radius 3 is 2.53 bits per heavy atom. The van der Waals surface area contributed by atoms with Crippen LogP contribution in [0.15, 0.2) is 53.2 Å². The van der Waals surface area contributed by atoms with Gasteiger partial charge in [0.25, 0.3) is 0 Å². The van der Waals surface area contributed by atoms with Crippen LogP contribution in [0.1, 0.15) is 48.3 Å². The maximum Gasteiger partial charge on any atom is 0.142 e. The molecule has 3 heterocycles. The fourth-order valence-corrected chi connectivity index (χ4v) is 4.24. The van der Waals surface area contributed by atoms with Gasteiger partial charge in [-0.15, -0.1) is 0 Å². The molecule has 3 aromatic rings. The van der Waals surface area contributed by atoms with E-state index in [2.05, 4.69) is 33.8 Å². The van der Waals surface area contributed by atoms with Crippen LogP contribution in [0.25, 0.3) is 0 Å². The minimum atomic E-state index is -0.725. The summed E-state index contributed by atoms with van der Waals surface area (Å²) in [5.74, 6) is 3.17. The summed E-state index contributed by atoms with van der Waals surface area (Å²) in [6.45, 7) is 9.28. The van der Waals surface area contributed by atoms with Crippen molar-refractivity contribution < 1.29 is 9.52 Å². The SMILES string of the molecule is Cc1ccc([C@H](C)CCN2CCN(c3ccccc3[C@@H](O)c3nccn3C)CC2)o1. The van der Waals surface area contributed by atoms with Crippen LogP contribution in [0.2, 0.25) is 0 Å². The van der Waals surface area contributed by atoms with Crippen molar-refractivity contribution in [1.82, 2.24) is 14.5 Å². The number of hydrogen-bond acceptors (Lipinski definition) is 5. The first-order valence-corrected chi connectivity index (χ1v) is 10.8. The van der Waals surface area contributed by atoms with Crippen LogP contribution < -0.4 is 4.90 Å². The second-order valence-electron chi connectivity index (χ2n) is 8.32. The molecule has 0 amide bonds. The number of rotatable bonds is 7. The minimum Gasteiger partial charge on any atom is -0.466 e. The number of aryl methyl sites for hydroxylation is 2. The predicted octanol–water partition coefficient (Wildman–Crippen LogP) is 3.72. The van der Waals surface area contributed by atoms with Crippen LogP contribution in [0, 0.1) is 6.92 Å². The number of aliphatic hydroxyl groups excluding tert-OH is 1. The fraction of sp³-hybridized carbons (Fsp3) is 0.458. The lowest BCUT2D eigenvalue weighted by atomic mass is 10.0. The zero-order valence-electron chi connectivity index (χ0n) is 18.2. The summed E-state index contributed by atoms with van der Waals surface area (Å²) < 4.78 is 7.65. The molecule has 0 aliphatic carbocycles. The van der Waals surface area contributed by atoms with Crippen molar-refractivity contribution in [2.75, 3.05) is 37.6 Å². The predicted molar refractivity (Wildman–Crippen MR) is 119 cm³/mol. The first kappa shape index (κ1) is 20.7.